The molecule has 0 saturated carbocycles. The van der Waals surface area contributed by atoms with Crippen LogP contribution in [0.15, 0.2) is 29.2 Å². The van der Waals surface area contributed by atoms with Crippen molar-refractivity contribution < 1.29 is 4.84 Å². The average molecular weight is 139 g/mol. The number of hydrogen-bond acceptors (Lipinski definition) is 3. The minimum absolute atomic E-state index is 0.919. The number of nitrogens with one attached hydrogen (secondary N) is 1. The predicted octanol–water partition coefficient (Wildman–Crippen LogP) is 1.59. The highest BCUT2D eigenvalue weighted by Gasteiger charge is 2.09. The van der Waals surface area contributed by atoms with Crippen LogP contribution in [0.25, 0.3) is 0 Å². The molecule has 1 aromatic rings. The second-order valence-electron chi connectivity index (χ2n) is 1.73. The summed E-state index contributed by atoms with van der Waals surface area (Å²) in [6, 6.07) is 7.89. The molecule has 0 amide bonds. The first-order valence-corrected chi connectivity index (χ1v) is 3.46. The highest BCUT2D eigenvalue weighted by Crippen LogP contribution is 2.31. The maximum atomic E-state index is 5.01. The Morgan fingerprint density at radius 3 is 3.11 bits per heavy atom. The molecule has 2 rings (SSSR count). The van der Waals surface area contributed by atoms with Crippen LogP contribution in [0.2, 0.25) is 0 Å². The fourth-order valence-corrected chi connectivity index (χ4v) is 1.31. The van der Waals surface area contributed by atoms with E-state index in [1.54, 1.807) is 0 Å². The zero-order chi connectivity index (χ0) is 6.10. The largest absolute Gasteiger partial charge is 0.397 e. The van der Waals surface area contributed by atoms with Gasteiger partial charge in [0.25, 0.3) is 0 Å². The minimum atomic E-state index is 0.919. The molecule has 1 N–H and O–H groups in total. The zero-order valence-electron chi connectivity index (χ0n) is 4.63. The van der Waals surface area contributed by atoms with E-state index in [-0.39, 0.29) is 0 Å². The molecular weight excluding hydrogens is 134 g/mol. The first kappa shape index (κ1) is 5.14. The van der Waals surface area contributed by atoms with Gasteiger partial charge >= 0.3 is 0 Å². The van der Waals surface area contributed by atoms with Crippen LogP contribution < -0.4 is 9.72 Å². The van der Waals surface area contributed by atoms with Crippen molar-refractivity contribution in [3.63, 3.8) is 0 Å². The van der Waals surface area contributed by atoms with Crippen LogP contribution in [0, 0.1) is 0 Å². The van der Waals surface area contributed by atoms with Crippen molar-refractivity contribution in [2.24, 2.45) is 0 Å². The van der Waals surface area contributed by atoms with Gasteiger partial charge < -0.3 is 4.84 Å². The van der Waals surface area contributed by atoms with Crippen LogP contribution in [0.3, 0.4) is 0 Å². The summed E-state index contributed by atoms with van der Waals surface area (Å²) < 4.78 is 0. The summed E-state index contributed by atoms with van der Waals surface area (Å²) in [5.74, 6) is 0.919. The van der Waals surface area contributed by atoms with E-state index in [9.17, 15) is 0 Å². The van der Waals surface area contributed by atoms with E-state index in [4.69, 9.17) is 4.84 Å². The molecule has 0 atom stereocenters. The summed E-state index contributed by atoms with van der Waals surface area (Å²) in [5.41, 5.74) is 0. The summed E-state index contributed by atoms with van der Waals surface area (Å²) in [6.45, 7) is 0. The Bertz CT molecular complexity index is 203. The standard InChI is InChI=1S/C6H5NOS/c1-2-4-6-5(3-1)8-7-9-6/h1-4,7H. The molecule has 9 heavy (non-hydrogen) atoms. The van der Waals surface area contributed by atoms with Gasteiger partial charge in [-0.2, -0.15) is 0 Å². The van der Waals surface area contributed by atoms with Gasteiger partial charge in [-0.3, -0.25) is 0 Å². The average Bonchev–Trinajstić information content (AvgIpc) is 2.33. The molecule has 0 saturated heterocycles. The van der Waals surface area contributed by atoms with Crippen molar-refractivity contribution in [1.82, 2.24) is 4.89 Å². The molecule has 0 unspecified atom stereocenters. The Morgan fingerprint density at radius 2 is 2.22 bits per heavy atom. The summed E-state index contributed by atoms with van der Waals surface area (Å²) in [5, 5.41) is 0. The first-order valence-electron chi connectivity index (χ1n) is 2.64. The topological polar surface area (TPSA) is 21.3 Å². The van der Waals surface area contributed by atoms with Crippen molar-refractivity contribution in [3.05, 3.63) is 24.3 Å². The van der Waals surface area contributed by atoms with Crippen LogP contribution >= 0.6 is 11.9 Å². The lowest BCUT2D eigenvalue weighted by molar-refractivity contribution is 0.292. The van der Waals surface area contributed by atoms with Gasteiger partial charge in [-0.25, -0.2) is 0 Å². The molecule has 0 aromatic heterocycles. The van der Waals surface area contributed by atoms with Gasteiger partial charge in [0.2, 0.25) is 0 Å². The van der Waals surface area contributed by atoms with Crippen molar-refractivity contribution in [1.29, 1.82) is 0 Å². The van der Waals surface area contributed by atoms with Gasteiger partial charge in [0.05, 0.1) is 4.90 Å². The number of benzene rings is 1. The third-order valence-corrected chi connectivity index (χ3v) is 1.88. The molecule has 0 fully saturated rings. The molecule has 0 spiro atoms. The molecule has 1 aromatic carbocycles. The summed E-state index contributed by atoms with van der Waals surface area (Å²) in [7, 11) is 0. The Morgan fingerprint density at radius 1 is 1.33 bits per heavy atom. The van der Waals surface area contributed by atoms with Gasteiger partial charge in [-0.1, -0.05) is 17.0 Å². The lowest BCUT2D eigenvalue weighted by Crippen LogP contribution is -1.99. The second-order valence-corrected chi connectivity index (χ2v) is 2.54. The van der Waals surface area contributed by atoms with E-state index in [1.807, 2.05) is 24.3 Å². The van der Waals surface area contributed by atoms with E-state index in [1.165, 1.54) is 11.9 Å². The highest BCUT2D eigenvalue weighted by atomic mass is 32.2. The van der Waals surface area contributed by atoms with Crippen molar-refractivity contribution in [2.75, 3.05) is 0 Å². The van der Waals surface area contributed by atoms with Crippen molar-refractivity contribution >= 4 is 11.9 Å². The molecule has 1 aliphatic heterocycles. The first-order chi connectivity index (χ1) is 4.47. The minimum Gasteiger partial charge on any atom is -0.397 e. The van der Waals surface area contributed by atoms with E-state index in [2.05, 4.69) is 4.89 Å². The molecular formula is C6H5NOS. The lowest BCUT2D eigenvalue weighted by Gasteiger charge is -1.90. The van der Waals surface area contributed by atoms with E-state index in [0.717, 1.165) is 10.6 Å². The number of hydrogen-bond donors (Lipinski definition) is 1. The van der Waals surface area contributed by atoms with Crippen LogP contribution in [0.5, 0.6) is 5.75 Å². The Balaban J connectivity index is 2.54. The summed E-state index contributed by atoms with van der Waals surface area (Å²) in [4.78, 5) is 8.87. The van der Waals surface area contributed by atoms with Gasteiger partial charge in [0.15, 0.2) is 5.75 Å². The highest BCUT2D eigenvalue weighted by molar-refractivity contribution is 7.97. The Hall–Kier alpha value is -0.670. The van der Waals surface area contributed by atoms with Gasteiger partial charge in [0.1, 0.15) is 0 Å². The Labute approximate surface area is 57.3 Å². The molecule has 1 aliphatic rings. The van der Waals surface area contributed by atoms with Crippen LogP contribution in [-0.4, -0.2) is 0 Å². The summed E-state index contributed by atoms with van der Waals surface area (Å²) in [6.07, 6.45) is 0. The van der Waals surface area contributed by atoms with Crippen molar-refractivity contribution in [3.8, 4) is 5.75 Å². The number of fused-ring (bicyclic) bond motifs is 1. The molecule has 46 valence electrons. The normalized spacial score (nSPS) is 14.7. The number of para-hydroxylation sites is 1. The quantitative estimate of drug-likeness (QED) is 0.551. The molecule has 2 nitrogen and oxygen atoms in total. The van der Waals surface area contributed by atoms with E-state index in [0.29, 0.717) is 0 Å². The third-order valence-electron chi connectivity index (χ3n) is 1.15. The maximum Gasteiger partial charge on any atom is 0.163 e. The maximum absolute atomic E-state index is 5.01. The van der Waals surface area contributed by atoms with E-state index < -0.39 is 0 Å². The van der Waals surface area contributed by atoms with Crippen LogP contribution in [-0.2, 0) is 0 Å². The monoisotopic (exact) mass is 139 g/mol. The van der Waals surface area contributed by atoms with Gasteiger partial charge in [-0.05, 0) is 24.1 Å². The predicted molar refractivity (Wildman–Crippen MR) is 36.1 cm³/mol. The van der Waals surface area contributed by atoms with Crippen LogP contribution in [0.1, 0.15) is 0 Å². The molecule has 0 bridgehead atoms. The SMILES string of the molecule is c1ccc2c(c1)ONS2. The number of rotatable bonds is 0. The third kappa shape index (κ3) is 0.781. The molecule has 1 heterocycles. The van der Waals surface area contributed by atoms with E-state index >= 15 is 0 Å². The fraction of sp³-hybridized carbons (Fsp3) is 0. The summed E-state index contributed by atoms with van der Waals surface area (Å²) >= 11 is 1.50. The molecule has 0 aliphatic carbocycles. The lowest BCUT2D eigenvalue weighted by atomic mass is 10.3. The smallest absolute Gasteiger partial charge is 0.163 e. The van der Waals surface area contributed by atoms with Crippen LogP contribution in [0.4, 0.5) is 0 Å². The van der Waals surface area contributed by atoms with Gasteiger partial charge in [-0.15, -0.1) is 0 Å². The van der Waals surface area contributed by atoms with Crippen molar-refractivity contribution in [2.45, 2.75) is 4.90 Å². The fourth-order valence-electron chi connectivity index (χ4n) is 0.729. The second kappa shape index (κ2) is 1.93. The zero-order valence-corrected chi connectivity index (χ0v) is 5.44. The van der Waals surface area contributed by atoms with Gasteiger partial charge in [0, 0.05) is 0 Å². The Kier molecular flexibility index (Phi) is 1.10. The molecule has 0 radical (unpaired) electrons. The molecule has 3 heteroatoms.